The van der Waals surface area contributed by atoms with Gasteiger partial charge >= 0.3 is 12.1 Å². The molecule has 2 N–H and O–H groups in total. The molecule has 1 aliphatic carbocycles. The molecule has 2 aromatic rings. The third-order valence-electron chi connectivity index (χ3n) is 7.81. The molecule has 246 valence electrons. The summed E-state index contributed by atoms with van der Waals surface area (Å²) in [7, 11) is 1.22. The van der Waals surface area contributed by atoms with Crippen LogP contribution in [0.4, 0.5) is 4.79 Å². The second-order valence-electron chi connectivity index (χ2n) is 11.0. The van der Waals surface area contributed by atoms with Gasteiger partial charge in [-0.2, -0.15) is 0 Å². The lowest BCUT2D eigenvalue weighted by Crippen LogP contribution is -2.53. The van der Waals surface area contributed by atoms with Crippen molar-refractivity contribution in [1.82, 2.24) is 15.5 Å². The highest BCUT2D eigenvalue weighted by Gasteiger charge is 2.32. The minimum atomic E-state index is -1.16. The molecule has 3 rings (SSSR count). The van der Waals surface area contributed by atoms with Crippen LogP contribution >= 0.6 is 0 Å². The number of nitrogens with zero attached hydrogens (tertiary/aromatic N) is 1. The molecule has 2 aromatic carbocycles. The van der Waals surface area contributed by atoms with Crippen LogP contribution in [0.25, 0.3) is 11.1 Å². The lowest BCUT2D eigenvalue weighted by atomic mass is 9.98. The number of hydrogen-bond acceptors (Lipinski definition) is 8. The van der Waals surface area contributed by atoms with Gasteiger partial charge in [-0.05, 0) is 42.0 Å². The van der Waals surface area contributed by atoms with Crippen LogP contribution < -0.4 is 10.6 Å². The monoisotopic (exact) mass is 625 g/mol. The number of benzene rings is 2. The minimum Gasteiger partial charge on any atom is -0.469 e. The molecule has 3 amide bonds. The van der Waals surface area contributed by atoms with Gasteiger partial charge in [-0.1, -0.05) is 68.8 Å². The lowest BCUT2D eigenvalue weighted by molar-refractivity contribution is -0.162. The maximum atomic E-state index is 13.7. The molecule has 0 heterocycles. The molecule has 2 unspecified atom stereocenters. The summed E-state index contributed by atoms with van der Waals surface area (Å²) in [5, 5.41) is 5.27. The Kier molecular flexibility index (Phi) is 14.3. The van der Waals surface area contributed by atoms with E-state index in [0.717, 1.165) is 28.7 Å². The predicted molar refractivity (Wildman–Crippen MR) is 169 cm³/mol. The summed E-state index contributed by atoms with van der Waals surface area (Å²) in [5.74, 6) is -1.51. The van der Waals surface area contributed by atoms with Gasteiger partial charge in [0.25, 0.3) is 0 Å². The Morgan fingerprint density at radius 3 is 2.04 bits per heavy atom. The predicted octanol–water partition coefficient (Wildman–Crippen LogP) is 4.24. The van der Waals surface area contributed by atoms with E-state index in [2.05, 4.69) is 22.8 Å². The molecule has 0 aliphatic heterocycles. The normalized spacial score (nSPS) is 13.4. The fourth-order valence-electron chi connectivity index (χ4n) is 5.33. The molecule has 0 radical (unpaired) electrons. The molecular formula is C34H47N3O8. The fraction of sp³-hybridized carbons (Fsp3) is 0.529. The number of carbonyl (C=O) groups excluding carboxylic acids is 4. The number of rotatable bonds is 18. The largest absolute Gasteiger partial charge is 0.469 e. The van der Waals surface area contributed by atoms with Crippen molar-refractivity contribution in [2.75, 3.05) is 46.6 Å². The van der Waals surface area contributed by atoms with Gasteiger partial charge in [0.05, 0.1) is 20.1 Å². The maximum Gasteiger partial charge on any atom is 0.407 e. The maximum absolute atomic E-state index is 13.7. The molecule has 0 saturated heterocycles. The van der Waals surface area contributed by atoms with Crippen LogP contribution in [-0.4, -0.2) is 87.7 Å². The highest BCUT2D eigenvalue weighted by Crippen LogP contribution is 2.44. The average Bonchev–Trinajstić information content (AvgIpc) is 3.36. The van der Waals surface area contributed by atoms with Crippen molar-refractivity contribution < 1.29 is 38.1 Å². The SMILES string of the molecule is CCOC(CN(CC(C)CC)C(=O)C(CC(=O)OC)NC(=O)CCNC(=O)OCC1c2ccccc2-c2ccccc21)OCC. The van der Waals surface area contributed by atoms with E-state index in [0.29, 0.717) is 19.8 Å². The molecule has 1 aliphatic rings. The lowest BCUT2D eigenvalue weighted by Gasteiger charge is -2.32. The Morgan fingerprint density at radius 1 is 0.889 bits per heavy atom. The molecule has 11 heteroatoms. The smallest absolute Gasteiger partial charge is 0.407 e. The molecule has 2 atom stereocenters. The standard InChI is InChI=1S/C34H47N3O8/c1-6-23(4)20-37(21-32(43-7-2)44-8-3)33(40)29(19-31(39)42-5)36-30(38)17-18-35-34(41)45-22-28-26-15-11-9-13-24(26)25-14-10-12-16-27(25)28/h9-16,23,28-29,32H,6-8,17-22H2,1-5H3,(H,35,41)(H,36,38). The quantitative estimate of drug-likeness (QED) is 0.186. The summed E-state index contributed by atoms with van der Waals surface area (Å²) in [5.41, 5.74) is 4.46. The van der Waals surface area contributed by atoms with Crippen LogP contribution in [0.15, 0.2) is 48.5 Å². The first-order valence-electron chi connectivity index (χ1n) is 15.7. The van der Waals surface area contributed by atoms with E-state index >= 15 is 0 Å². The van der Waals surface area contributed by atoms with Crippen molar-refractivity contribution in [1.29, 1.82) is 0 Å². The number of methoxy groups -OCH3 is 1. The average molecular weight is 626 g/mol. The van der Waals surface area contributed by atoms with E-state index in [1.807, 2.05) is 64.1 Å². The molecule has 0 aromatic heterocycles. The Hall–Kier alpha value is -3.96. The van der Waals surface area contributed by atoms with Crippen molar-refractivity contribution in [3.63, 3.8) is 0 Å². The first-order valence-corrected chi connectivity index (χ1v) is 15.7. The molecule has 45 heavy (non-hydrogen) atoms. The number of esters is 1. The van der Waals surface area contributed by atoms with Gasteiger partial charge in [0.15, 0.2) is 6.29 Å². The first kappa shape index (κ1) is 35.5. The number of nitrogens with one attached hydrogen (secondary N) is 2. The Morgan fingerprint density at radius 2 is 1.49 bits per heavy atom. The first-order chi connectivity index (χ1) is 21.7. The second-order valence-corrected chi connectivity index (χ2v) is 11.0. The molecule has 0 bridgehead atoms. The van der Waals surface area contributed by atoms with Crippen LogP contribution in [-0.2, 0) is 33.3 Å². The van der Waals surface area contributed by atoms with Crippen molar-refractivity contribution in [2.45, 2.75) is 65.2 Å². The van der Waals surface area contributed by atoms with Crippen molar-refractivity contribution >= 4 is 23.9 Å². The minimum absolute atomic E-state index is 0.0189. The van der Waals surface area contributed by atoms with E-state index in [1.165, 1.54) is 7.11 Å². The van der Waals surface area contributed by atoms with E-state index < -0.39 is 36.2 Å². The molecular weight excluding hydrogens is 578 g/mol. The van der Waals surface area contributed by atoms with Crippen molar-refractivity contribution in [3.05, 3.63) is 59.7 Å². The molecule has 0 fully saturated rings. The summed E-state index contributed by atoms with van der Waals surface area (Å²) in [6.07, 6.45) is -0.937. The Labute approximate surface area is 265 Å². The molecule has 11 nitrogen and oxygen atoms in total. The van der Waals surface area contributed by atoms with E-state index in [-0.39, 0.29) is 44.4 Å². The highest BCUT2D eigenvalue weighted by atomic mass is 16.7. The third-order valence-corrected chi connectivity index (χ3v) is 7.81. The van der Waals surface area contributed by atoms with Gasteiger partial charge in [0.1, 0.15) is 12.6 Å². The van der Waals surface area contributed by atoms with Gasteiger partial charge in [-0.3, -0.25) is 14.4 Å². The third kappa shape index (κ3) is 10.3. The number of alkyl carbamates (subject to hydrolysis) is 1. The number of hydrogen-bond donors (Lipinski definition) is 2. The fourth-order valence-corrected chi connectivity index (χ4v) is 5.33. The summed E-state index contributed by atoms with van der Waals surface area (Å²) in [4.78, 5) is 52.9. The number of carbonyl (C=O) groups is 4. The molecule has 0 spiro atoms. The summed E-state index contributed by atoms with van der Waals surface area (Å²) < 4.78 is 21.6. The van der Waals surface area contributed by atoms with Gasteiger partial charge < -0.3 is 34.5 Å². The summed E-state index contributed by atoms with van der Waals surface area (Å²) in [6, 6.07) is 14.9. The van der Waals surface area contributed by atoms with Crippen LogP contribution in [0.5, 0.6) is 0 Å². The Bertz CT molecular complexity index is 1230. The van der Waals surface area contributed by atoms with Crippen LogP contribution in [0.3, 0.4) is 0 Å². The highest BCUT2D eigenvalue weighted by molar-refractivity contribution is 5.91. The van der Waals surface area contributed by atoms with Crippen LogP contribution in [0.1, 0.15) is 64.0 Å². The summed E-state index contributed by atoms with van der Waals surface area (Å²) in [6.45, 7) is 9.17. The van der Waals surface area contributed by atoms with E-state index in [1.54, 1.807) is 4.90 Å². The zero-order valence-corrected chi connectivity index (χ0v) is 27.0. The van der Waals surface area contributed by atoms with Crippen LogP contribution in [0.2, 0.25) is 0 Å². The zero-order chi connectivity index (χ0) is 32.8. The zero-order valence-electron chi connectivity index (χ0n) is 27.0. The van der Waals surface area contributed by atoms with Crippen LogP contribution in [0, 0.1) is 5.92 Å². The van der Waals surface area contributed by atoms with Gasteiger partial charge in [-0.25, -0.2) is 4.79 Å². The molecule has 0 saturated carbocycles. The number of fused-ring (bicyclic) bond motifs is 3. The van der Waals surface area contributed by atoms with E-state index in [9.17, 15) is 19.2 Å². The van der Waals surface area contributed by atoms with E-state index in [4.69, 9.17) is 18.9 Å². The van der Waals surface area contributed by atoms with Gasteiger partial charge in [0.2, 0.25) is 11.8 Å². The second kappa shape index (κ2) is 18.1. The number of amides is 3. The van der Waals surface area contributed by atoms with Crippen molar-refractivity contribution in [3.8, 4) is 11.1 Å². The Balaban J connectivity index is 1.57. The topological polar surface area (TPSA) is 132 Å². The number of ether oxygens (including phenoxy) is 4. The van der Waals surface area contributed by atoms with Crippen molar-refractivity contribution in [2.24, 2.45) is 5.92 Å². The van der Waals surface area contributed by atoms with Gasteiger partial charge in [-0.15, -0.1) is 0 Å². The summed E-state index contributed by atoms with van der Waals surface area (Å²) >= 11 is 0. The van der Waals surface area contributed by atoms with Gasteiger partial charge in [0, 0.05) is 38.6 Å².